The third-order valence-corrected chi connectivity index (χ3v) is 3.78. The molecule has 0 bridgehead atoms. The Morgan fingerprint density at radius 2 is 2.24 bits per heavy atom. The van der Waals surface area contributed by atoms with Gasteiger partial charge in [-0.15, -0.1) is 12.4 Å². The van der Waals surface area contributed by atoms with E-state index in [1.54, 1.807) is 11.9 Å². The summed E-state index contributed by atoms with van der Waals surface area (Å²) >= 11 is 0. The number of nitrogens with zero attached hydrogens (tertiary/aromatic N) is 3. The molecule has 3 atom stereocenters. The monoisotopic (exact) mass is 318 g/mol. The van der Waals surface area contributed by atoms with Crippen molar-refractivity contribution in [3.8, 4) is 0 Å². The smallest absolute Gasteiger partial charge is 0.226 e. The largest absolute Gasteiger partial charge is 0.392 e. The second-order valence-electron chi connectivity index (χ2n) is 5.39. The number of carbonyl (C=O) groups excluding carboxylic acids is 1. The van der Waals surface area contributed by atoms with Crippen molar-refractivity contribution < 1.29 is 14.4 Å². The van der Waals surface area contributed by atoms with Crippen LogP contribution in [0, 0.1) is 5.92 Å². The third-order valence-electron chi connectivity index (χ3n) is 3.78. The van der Waals surface area contributed by atoms with Gasteiger partial charge in [0.05, 0.1) is 12.6 Å². The minimum atomic E-state index is -0.492. The van der Waals surface area contributed by atoms with Gasteiger partial charge in [0.25, 0.3) is 0 Å². The number of hydrogen-bond donors (Lipinski definition) is 2. The Bertz CT molecular complexity index is 468. The summed E-state index contributed by atoms with van der Waals surface area (Å²) in [6.07, 6.45) is 1.96. The van der Waals surface area contributed by atoms with Crippen molar-refractivity contribution in [3.63, 3.8) is 0 Å². The van der Waals surface area contributed by atoms with Gasteiger partial charge in [-0.3, -0.25) is 4.79 Å². The Kier molecular flexibility index (Phi) is 6.57. The second-order valence-corrected chi connectivity index (χ2v) is 5.39. The van der Waals surface area contributed by atoms with Crippen LogP contribution in [0.3, 0.4) is 0 Å². The highest BCUT2D eigenvalue weighted by molar-refractivity contribution is 5.85. The van der Waals surface area contributed by atoms with Crippen molar-refractivity contribution >= 4 is 18.3 Å². The predicted molar refractivity (Wildman–Crippen MR) is 78.7 cm³/mol. The molecule has 1 aromatic heterocycles. The number of halogens is 1. The molecule has 7 nitrogen and oxygen atoms in total. The molecule has 1 heterocycles. The van der Waals surface area contributed by atoms with Crippen LogP contribution >= 0.6 is 12.4 Å². The summed E-state index contributed by atoms with van der Waals surface area (Å²) < 4.78 is 5.02. The maximum absolute atomic E-state index is 12.3. The standard InChI is InChI=1S/C13H22N4O3.ClH/c1-3-12-15-11(16-20-12)7-17(2)13(19)8-4-5-10(18)9(14)6-8;/h8-10,18H,3-7,14H2,1-2H3;1H/t8-,9+,10+;/m0./s1. The molecule has 0 saturated heterocycles. The third kappa shape index (κ3) is 4.39. The van der Waals surface area contributed by atoms with Crippen LogP contribution in [-0.4, -0.2) is 45.2 Å². The lowest BCUT2D eigenvalue weighted by atomic mass is 9.83. The Morgan fingerprint density at radius 1 is 1.52 bits per heavy atom. The number of amides is 1. The summed E-state index contributed by atoms with van der Waals surface area (Å²) in [6.45, 7) is 2.26. The number of rotatable bonds is 4. The van der Waals surface area contributed by atoms with Crippen molar-refractivity contribution in [2.45, 2.75) is 51.3 Å². The fourth-order valence-corrected chi connectivity index (χ4v) is 2.51. The van der Waals surface area contributed by atoms with Gasteiger partial charge in [-0.2, -0.15) is 4.98 Å². The molecule has 1 fully saturated rings. The zero-order valence-electron chi connectivity index (χ0n) is 12.4. The number of aliphatic hydroxyl groups is 1. The van der Waals surface area contributed by atoms with Gasteiger partial charge < -0.3 is 20.3 Å². The van der Waals surface area contributed by atoms with Crippen LogP contribution in [0.4, 0.5) is 0 Å². The zero-order chi connectivity index (χ0) is 14.7. The van der Waals surface area contributed by atoms with E-state index < -0.39 is 6.10 Å². The fraction of sp³-hybridized carbons (Fsp3) is 0.769. The average molecular weight is 319 g/mol. The molecule has 0 radical (unpaired) electrons. The van der Waals surface area contributed by atoms with Gasteiger partial charge in [-0.1, -0.05) is 12.1 Å². The molecule has 2 rings (SSSR count). The lowest BCUT2D eigenvalue weighted by molar-refractivity contribution is -0.136. The van der Waals surface area contributed by atoms with Crippen LogP contribution in [0.2, 0.25) is 0 Å². The molecule has 0 unspecified atom stereocenters. The zero-order valence-corrected chi connectivity index (χ0v) is 13.2. The molecule has 1 aliphatic rings. The van der Waals surface area contributed by atoms with E-state index in [0.717, 1.165) is 0 Å². The van der Waals surface area contributed by atoms with Gasteiger partial charge in [0, 0.05) is 25.4 Å². The van der Waals surface area contributed by atoms with E-state index in [-0.39, 0.29) is 30.3 Å². The van der Waals surface area contributed by atoms with Gasteiger partial charge in [-0.05, 0) is 19.3 Å². The maximum Gasteiger partial charge on any atom is 0.226 e. The summed E-state index contributed by atoms with van der Waals surface area (Å²) in [6, 6.07) is -0.317. The first-order chi connectivity index (χ1) is 9.51. The Labute approximate surface area is 130 Å². The van der Waals surface area contributed by atoms with Crippen LogP contribution in [-0.2, 0) is 17.8 Å². The van der Waals surface area contributed by atoms with Crippen molar-refractivity contribution in [2.24, 2.45) is 11.7 Å². The Morgan fingerprint density at radius 3 is 2.81 bits per heavy atom. The number of aromatic nitrogens is 2. The molecule has 0 aliphatic heterocycles. The first-order valence-electron chi connectivity index (χ1n) is 7.01. The van der Waals surface area contributed by atoms with E-state index in [2.05, 4.69) is 10.1 Å². The quantitative estimate of drug-likeness (QED) is 0.837. The van der Waals surface area contributed by atoms with Gasteiger partial charge in [0.2, 0.25) is 11.8 Å². The number of aryl methyl sites for hydroxylation is 1. The van der Waals surface area contributed by atoms with Crippen molar-refractivity contribution in [3.05, 3.63) is 11.7 Å². The summed E-state index contributed by atoms with van der Waals surface area (Å²) in [5, 5.41) is 13.4. The van der Waals surface area contributed by atoms with E-state index in [4.69, 9.17) is 10.3 Å². The summed E-state index contributed by atoms with van der Waals surface area (Å²) in [7, 11) is 1.72. The first-order valence-corrected chi connectivity index (χ1v) is 7.01. The molecule has 3 N–H and O–H groups in total. The number of aliphatic hydroxyl groups excluding tert-OH is 1. The molecule has 1 saturated carbocycles. The average Bonchev–Trinajstić information content (AvgIpc) is 2.88. The number of carbonyl (C=O) groups is 1. The van der Waals surface area contributed by atoms with Crippen LogP contribution < -0.4 is 5.73 Å². The second kappa shape index (κ2) is 7.72. The predicted octanol–water partition coefficient (Wildman–Crippen LogP) is 0.500. The van der Waals surface area contributed by atoms with E-state index in [0.29, 0.717) is 43.9 Å². The SMILES string of the molecule is CCc1nc(CN(C)C(=O)[C@H]2CC[C@@H](O)[C@H](N)C2)no1.Cl. The lowest BCUT2D eigenvalue weighted by Crippen LogP contribution is -2.45. The molecule has 120 valence electrons. The molecule has 1 amide bonds. The number of nitrogens with two attached hydrogens (primary N) is 1. The highest BCUT2D eigenvalue weighted by Gasteiger charge is 2.32. The van der Waals surface area contributed by atoms with E-state index >= 15 is 0 Å². The van der Waals surface area contributed by atoms with Crippen molar-refractivity contribution in [1.29, 1.82) is 0 Å². The van der Waals surface area contributed by atoms with Gasteiger partial charge in [0.15, 0.2) is 5.82 Å². The highest BCUT2D eigenvalue weighted by Crippen LogP contribution is 2.25. The normalized spacial score (nSPS) is 25.2. The molecular weight excluding hydrogens is 296 g/mol. The molecule has 0 aromatic carbocycles. The molecule has 0 spiro atoms. The van der Waals surface area contributed by atoms with E-state index in [9.17, 15) is 9.90 Å². The maximum atomic E-state index is 12.3. The van der Waals surface area contributed by atoms with Crippen molar-refractivity contribution in [1.82, 2.24) is 15.0 Å². The van der Waals surface area contributed by atoms with E-state index in [1.807, 2.05) is 6.92 Å². The molecule has 1 aromatic rings. The molecule has 21 heavy (non-hydrogen) atoms. The van der Waals surface area contributed by atoms with Crippen LogP contribution in [0.15, 0.2) is 4.52 Å². The minimum absolute atomic E-state index is 0. The Hall–Kier alpha value is -1.18. The van der Waals surface area contributed by atoms with Crippen LogP contribution in [0.5, 0.6) is 0 Å². The van der Waals surface area contributed by atoms with Gasteiger partial charge >= 0.3 is 0 Å². The van der Waals surface area contributed by atoms with Gasteiger partial charge in [0.1, 0.15) is 0 Å². The fourth-order valence-electron chi connectivity index (χ4n) is 2.51. The highest BCUT2D eigenvalue weighted by atomic mass is 35.5. The minimum Gasteiger partial charge on any atom is -0.392 e. The van der Waals surface area contributed by atoms with E-state index in [1.165, 1.54) is 0 Å². The van der Waals surface area contributed by atoms with Crippen molar-refractivity contribution in [2.75, 3.05) is 7.05 Å². The summed E-state index contributed by atoms with van der Waals surface area (Å²) in [5.74, 6) is 0.979. The van der Waals surface area contributed by atoms with Crippen LogP contribution in [0.1, 0.15) is 37.9 Å². The lowest BCUT2D eigenvalue weighted by Gasteiger charge is -2.32. The van der Waals surface area contributed by atoms with Gasteiger partial charge in [-0.25, -0.2) is 0 Å². The number of hydrogen-bond acceptors (Lipinski definition) is 6. The van der Waals surface area contributed by atoms with Crippen LogP contribution in [0.25, 0.3) is 0 Å². The molecule has 1 aliphatic carbocycles. The summed E-state index contributed by atoms with van der Waals surface area (Å²) in [4.78, 5) is 18.1. The molecule has 8 heteroatoms. The Balaban J connectivity index is 0.00000220. The summed E-state index contributed by atoms with van der Waals surface area (Å²) in [5.41, 5.74) is 5.82. The first kappa shape index (κ1) is 17.9. The molecular formula is C13H23ClN4O3. The topological polar surface area (TPSA) is 105 Å².